The average molecular weight is 344 g/mol. The number of hydrogen-bond donors (Lipinski definition) is 1. The molecule has 0 radical (unpaired) electrons. The third-order valence-corrected chi connectivity index (χ3v) is 4.57. The van der Waals surface area contributed by atoms with Crippen molar-refractivity contribution in [3.8, 4) is 11.5 Å². The Morgan fingerprint density at radius 1 is 1.29 bits per heavy atom. The molecule has 0 aromatic heterocycles. The second-order valence-corrected chi connectivity index (χ2v) is 6.02. The number of amidine groups is 2. The van der Waals surface area contributed by atoms with E-state index >= 15 is 0 Å². The lowest BCUT2D eigenvalue weighted by atomic mass is 10.1. The Morgan fingerprint density at radius 3 is 2.71 bits per heavy atom. The van der Waals surface area contributed by atoms with Gasteiger partial charge in [-0.15, -0.1) is 0 Å². The Labute approximate surface area is 143 Å². The molecule has 0 atom stereocenters. The van der Waals surface area contributed by atoms with E-state index in [0.717, 1.165) is 11.5 Å². The van der Waals surface area contributed by atoms with Crippen LogP contribution in [-0.2, 0) is 4.79 Å². The van der Waals surface area contributed by atoms with Gasteiger partial charge < -0.3 is 9.47 Å². The van der Waals surface area contributed by atoms with E-state index in [2.05, 4.69) is 10.1 Å². The number of amides is 1. The van der Waals surface area contributed by atoms with E-state index in [1.54, 1.807) is 38.5 Å². The highest BCUT2D eigenvalue weighted by molar-refractivity contribution is 8.26. The molecule has 1 N–H and O–H groups in total. The first-order valence-electron chi connectivity index (χ1n) is 7.28. The zero-order valence-electron chi connectivity index (χ0n) is 13.5. The molecule has 124 valence electrons. The number of fused-ring (bicyclic) bond motifs is 1. The van der Waals surface area contributed by atoms with E-state index in [1.807, 2.05) is 6.92 Å². The molecule has 1 amide bonds. The highest BCUT2D eigenvalue weighted by Crippen LogP contribution is 2.31. The van der Waals surface area contributed by atoms with Crippen LogP contribution in [0.4, 0.5) is 0 Å². The van der Waals surface area contributed by atoms with Crippen LogP contribution < -0.4 is 9.47 Å². The number of methoxy groups -OCH3 is 2. The molecule has 7 nitrogen and oxygen atoms in total. The summed E-state index contributed by atoms with van der Waals surface area (Å²) in [7, 11) is 3.10. The molecule has 8 heteroatoms. The second kappa shape index (κ2) is 6.48. The van der Waals surface area contributed by atoms with Gasteiger partial charge in [0.1, 0.15) is 5.04 Å². The molecule has 0 saturated carbocycles. The van der Waals surface area contributed by atoms with Crippen molar-refractivity contribution in [3.05, 3.63) is 29.3 Å². The number of carbonyl (C=O) groups is 1. The monoisotopic (exact) mass is 344 g/mol. The van der Waals surface area contributed by atoms with E-state index in [1.165, 1.54) is 16.8 Å². The predicted octanol–water partition coefficient (Wildman–Crippen LogP) is 2.73. The maximum absolute atomic E-state index is 12.3. The van der Waals surface area contributed by atoms with Gasteiger partial charge in [0.15, 0.2) is 17.3 Å². The smallest absolute Gasteiger partial charge is 0.283 e. The van der Waals surface area contributed by atoms with E-state index in [4.69, 9.17) is 14.9 Å². The van der Waals surface area contributed by atoms with Gasteiger partial charge in [-0.3, -0.25) is 10.2 Å². The van der Waals surface area contributed by atoms with E-state index < -0.39 is 5.91 Å². The first kappa shape index (κ1) is 16.3. The zero-order chi connectivity index (χ0) is 17.3. The third-order valence-electron chi connectivity index (χ3n) is 3.52. The molecule has 0 aliphatic carbocycles. The minimum atomic E-state index is -0.443. The fourth-order valence-electron chi connectivity index (χ4n) is 2.28. The summed E-state index contributed by atoms with van der Waals surface area (Å²) in [4.78, 5) is 16.3. The largest absolute Gasteiger partial charge is 0.493 e. The molecule has 2 heterocycles. The van der Waals surface area contributed by atoms with E-state index in [0.29, 0.717) is 22.2 Å². The summed E-state index contributed by atoms with van der Waals surface area (Å²) >= 11 is 1.32. The first-order chi connectivity index (χ1) is 11.6. The van der Waals surface area contributed by atoms with Gasteiger partial charge in [-0.25, -0.2) is 0 Å². The van der Waals surface area contributed by atoms with Crippen LogP contribution >= 0.6 is 11.8 Å². The van der Waals surface area contributed by atoms with Crippen LogP contribution in [-0.4, -0.2) is 41.2 Å². The van der Waals surface area contributed by atoms with Crippen molar-refractivity contribution in [2.24, 2.45) is 10.1 Å². The minimum Gasteiger partial charge on any atom is -0.493 e. The van der Waals surface area contributed by atoms with Crippen molar-refractivity contribution in [1.29, 1.82) is 5.41 Å². The lowest BCUT2D eigenvalue weighted by molar-refractivity contribution is -0.114. The van der Waals surface area contributed by atoms with E-state index in [-0.39, 0.29) is 11.4 Å². The Balaban J connectivity index is 1.98. The van der Waals surface area contributed by atoms with Crippen molar-refractivity contribution < 1.29 is 14.3 Å². The number of aliphatic imine (C=N–C) groups is 1. The standard InChI is InChI=1S/C16H16N4O3S/c1-4-13-19-20-14(17)10(15(21)18-16(20)24-13)7-9-5-6-11(22-2)12(8-9)23-3/h5-8,17H,4H2,1-3H3. The van der Waals surface area contributed by atoms with Crippen LogP contribution in [0.5, 0.6) is 11.5 Å². The Bertz CT molecular complexity index is 814. The van der Waals surface area contributed by atoms with Gasteiger partial charge in [-0.05, 0) is 42.0 Å². The Morgan fingerprint density at radius 2 is 2.04 bits per heavy atom. The maximum atomic E-state index is 12.3. The maximum Gasteiger partial charge on any atom is 0.283 e. The van der Waals surface area contributed by atoms with Crippen molar-refractivity contribution >= 4 is 39.8 Å². The molecule has 2 aliphatic heterocycles. The number of carbonyl (C=O) groups excluding carboxylic acids is 1. The van der Waals surface area contributed by atoms with Gasteiger partial charge in [-0.2, -0.15) is 15.1 Å². The number of hydrogen-bond acceptors (Lipinski definition) is 6. The molecular formula is C16H16N4O3S. The number of benzene rings is 1. The number of nitrogens with one attached hydrogen (secondary N) is 1. The first-order valence-corrected chi connectivity index (χ1v) is 8.10. The molecule has 1 aromatic rings. The Kier molecular flexibility index (Phi) is 4.39. The van der Waals surface area contributed by atoms with Gasteiger partial charge in [0, 0.05) is 0 Å². The lowest BCUT2D eigenvalue weighted by Gasteiger charge is -2.20. The SMILES string of the molecule is CCC1=NN2C(=N)C(=Cc3ccc(OC)c(OC)c3)C(=O)N=C2S1. The molecule has 0 unspecified atom stereocenters. The summed E-state index contributed by atoms with van der Waals surface area (Å²) in [6.45, 7) is 1.97. The number of ether oxygens (including phenoxy) is 2. The van der Waals surface area contributed by atoms with Gasteiger partial charge in [0.2, 0.25) is 5.17 Å². The fourth-order valence-corrected chi connectivity index (χ4v) is 3.11. The lowest BCUT2D eigenvalue weighted by Crippen LogP contribution is -2.35. The van der Waals surface area contributed by atoms with Gasteiger partial charge in [0.25, 0.3) is 5.91 Å². The highest BCUT2D eigenvalue weighted by Gasteiger charge is 2.35. The van der Waals surface area contributed by atoms with Crippen molar-refractivity contribution in [3.63, 3.8) is 0 Å². The zero-order valence-corrected chi connectivity index (χ0v) is 14.3. The minimum absolute atomic E-state index is 0.0238. The molecule has 0 saturated heterocycles. The summed E-state index contributed by atoms with van der Waals surface area (Å²) in [6, 6.07) is 5.27. The highest BCUT2D eigenvalue weighted by atomic mass is 32.2. The molecule has 1 aromatic carbocycles. The molecular weight excluding hydrogens is 328 g/mol. The van der Waals surface area contributed by atoms with Crippen LogP contribution in [0, 0.1) is 5.41 Å². The number of thioether (sulfide) groups is 1. The molecule has 3 rings (SSSR count). The third kappa shape index (κ3) is 2.80. The molecule has 0 bridgehead atoms. The summed E-state index contributed by atoms with van der Waals surface area (Å²) < 4.78 is 10.5. The topological polar surface area (TPSA) is 87.3 Å². The average Bonchev–Trinajstić information content (AvgIpc) is 3.01. The van der Waals surface area contributed by atoms with Crippen LogP contribution in [0.3, 0.4) is 0 Å². The van der Waals surface area contributed by atoms with Gasteiger partial charge in [-0.1, -0.05) is 13.0 Å². The summed E-state index contributed by atoms with van der Waals surface area (Å²) in [5.41, 5.74) is 0.901. The molecule has 2 aliphatic rings. The van der Waals surface area contributed by atoms with Crippen molar-refractivity contribution in [2.75, 3.05) is 14.2 Å². The van der Waals surface area contributed by atoms with Gasteiger partial charge >= 0.3 is 0 Å². The van der Waals surface area contributed by atoms with Crippen LogP contribution in [0.15, 0.2) is 33.9 Å². The van der Waals surface area contributed by atoms with Crippen LogP contribution in [0.25, 0.3) is 6.08 Å². The normalized spacial score (nSPS) is 18.5. The quantitative estimate of drug-likeness (QED) is 0.849. The van der Waals surface area contributed by atoms with Crippen LogP contribution in [0.2, 0.25) is 0 Å². The predicted molar refractivity (Wildman–Crippen MR) is 94.8 cm³/mol. The van der Waals surface area contributed by atoms with Crippen molar-refractivity contribution in [1.82, 2.24) is 5.01 Å². The number of hydrazone groups is 1. The summed E-state index contributed by atoms with van der Waals surface area (Å²) in [5.74, 6) is 0.726. The fraction of sp³-hybridized carbons (Fsp3) is 0.250. The van der Waals surface area contributed by atoms with Gasteiger partial charge in [0.05, 0.1) is 19.8 Å². The molecule has 24 heavy (non-hydrogen) atoms. The van der Waals surface area contributed by atoms with Crippen molar-refractivity contribution in [2.45, 2.75) is 13.3 Å². The summed E-state index contributed by atoms with van der Waals surface area (Å²) in [6.07, 6.45) is 2.34. The number of rotatable bonds is 4. The van der Waals surface area contributed by atoms with Crippen LogP contribution in [0.1, 0.15) is 18.9 Å². The Hall–Kier alpha value is -2.61. The van der Waals surface area contributed by atoms with E-state index in [9.17, 15) is 4.79 Å². The molecule has 0 fully saturated rings. The molecule has 0 spiro atoms. The number of nitrogens with zero attached hydrogens (tertiary/aromatic N) is 3. The second-order valence-electron chi connectivity index (χ2n) is 4.98. The summed E-state index contributed by atoms with van der Waals surface area (Å²) in [5, 5.41) is 15.3.